The first-order chi connectivity index (χ1) is 14.6. The number of nitrogens with zero attached hydrogens (tertiary/aromatic N) is 3. The molecule has 0 aliphatic carbocycles. The molecule has 154 valence electrons. The highest BCUT2D eigenvalue weighted by molar-refractivity contribution is 7.09. The summed E-state index contributed by atoms with van der Waals surface area (Å²) >= 11 is 1.51. The molecule has 3 aromatic rings. The number of hydrogen-bond donors (Lipinski definition) is 0. The summed E-state index contributed by atoms with van der Waals surface area (Å²) in [4.78, 5) is 33.4. The third kappa shape index (κ3) is 4.86. The van der Waals surface area contributed by atoms with Crippen LogP contribution in [0.1, 0.15) is 21.1 Å². The van der Waals surface area contributed by atoms with Crippen molar-refractivity contribution >= 4 is 23.2 Å². The predicted molar refractivity (Wildman–Crippen MR) is 116 cm³/mol. The van der Waals surface area contributed by atoms with E-state index in [1.807, 2.05) is 59.7 Å². The molecule has 0 bridgehead atoms. The van der Waals surface area contributed by atoms with Gasteiger partial charge in [0.25, 0.3) is 5.91 Å². The van der Waals surface area contributed by atoms with E-state index in [0.717, 1.165) is 16.5 Å². The summed E-state index contributed by atoms with van der Waals surface area (Å²) in [6.07, 6.45) is 0.325. The molecule has 0 saturated carbocycles. The van der Waals surface area contributed by atoms with Gasteiger partial charge in [0, 0.05) is 42.8 Å². The van der Waals surface area contributed by atoms with Gasteiger partial charge in [-0.15, -0.1) is 11.3 Å². The van der Waals surface area contributed by atoms with Crippen LogP contribution >= 0.6 is 11.3 Å². The smallest absolute Gasteiger partial charge is 0.254 e. The molecule has 4 rings (SSSR count). The topological polar surface area (TPSA) is 62.7 Å². The molecular formula is C23H23N3O3S. The summed E-state index contributed by atoms with van der Waals surface area (Å²) in [7, 11) is 0. The molecule has 1 aliphatic rings. The quantitative estimate of drug-likeness (QED) is 0.629. The Morgan fingerprint density at radius 1 is 0.967 bits per heavy atom. The van der Waals surface area contributed by atoms with Crippen LogP contribution in [0.4, 0.5) is 0 Å². The number of carbonyl (C=O) groups is 2. The number of piperazine rings is 1. The van der Waals surface area contributed by atoms with Crippen LogP contribution in [0.5, 0.6) is 11.5 Å². The fraction of sp³-hybridized carbons (Fsp3) is 0.261. The molecule has 0 spiro atoms. The molecule has 0 N–H and O–H groups in total. The third-order valence-electron chi connectivity index (χ3n) is 4.95. The van der Waals surface area contributed by atoms with Crippen LogP contribution in [0.2, 0.25) is 0 Å². The number of thiazole rings is 1. The van der Waals surface area contributed by atoms with Crippen molar-refractivity contribution in [3.05, 3.63) is 76.2 Å². The molecule has 7 heteroatoms. The van der Waals surface area contributed by atoms with E-state index < -0.39 is 0 Å². The summed E-state index contributed by atoms with van der Waals surface area (Å²) in [5, 5.41) is 2.79. The number of rotatable bonds is 5. The maximum atomic E-state index is 12.9. The first-order valence-electron chi connectivity index (χ1n) is 9.89. The predicted octanol–water partition coefficient (Wildman–Crippen LogP) is 3.77. The van der Waals surface area contributed by atoms with Gasteiger partial charge in [0.05, 0.1) is 6.42 Å². The lowest BCUT2D eigenvalue weighted by molar-refractivity contribution is -0.131. The number of aryl methyl sites for hydroxylation is 1. The van der Waals surface area contributed by atoms with Crippen molar-refractivity contribution in [3.63, 3.8) is 0 Å². The third-order valence-corrected chi connectivity index (χ3v) is 5.92. The van der Waals surface area contributed by atoms with E-state index in [2.05, 4.69) is 4.98 Å². The summed E-state index contributed by atoms with van der Waals surface area (Å²) < 4.78 is 5.83. The molecule has 1 fully saturated rings. The highest BCUT2D eigenvalue weighted by Crippen LogP contribution is 2.23. The minimum absolute atomic E-state index is 0.0452. The average molecular weight is 422 g/mol. The monoisotopic (exact) mass is 421 g/mol. The SMILES string of the molecule is Cc1csc(CC(=O)N2CCN(C(=O)c3cccc(Oc4ccccc4)c3)CC2)n1. The van der Waals surface area contributed by atoms with E-state index in [1.165, 1.54) is 11.3 Å². The van der Waals surface area contributed by atoms with Crippen LogP contribution in [-0.4, -0.2) is 52.8 Å². The lowest BCUT2D eigenvalue weighted by Gasteiger charge is -2.34. The van der Waals surface area contributed by atoms with Crippen LogP contribution in [0.25, 0.3) is 0 Å². The molecule has 1 saturated heterocycles. The van der Waals surface area contributed by atoms with Gasteiger partial charge in [-0.3, -0.25) is 9.59 Å². The van der Waals surface area contributed by atoms with Gasteiger partial charge in [0.1, 0.15) is 16.5 Å². The average Bonchev–Trinajstić information content (AvgIpc) is 3.18. The molecule has 2 aromatic carbocycles. The van der Waals surface area contributed by atoms with Crippen molar-refractivity contribution in [2.75, 3.05) is 26.2 Å². The van der Waals surface area contributed by atoms with E-state index in [-0.39, 0.29) is 11.8 Å². The molecule has 1 aliphatic heterocycles. The maximum absolute atomic E-state index is 12.9. The molecular weight excluding hydrogens is 398 g/mol. The zero-order chi connectivity index (χ0) is 20.9. The van der Waals surface area contributed by atoms with Crippen LogP contribution in [0.15, 0.2) is 60.0 Å². The van der Waals surface area contributed by atoms with Crippen molar-refractivity contribution in [1.29, 1.82) is 0 Å². The summed E-state index contributed by atoms with van der Waals surface area (Å²) in [5.74, 6) is 1.37. The van der Waals surface area contributed by atoms with E-state index in [9.17, 15) is 9.59 Å². The van der Waals surface area contributed by atoms with Crippen LogP contribution < -0.4 is 4.74 Å². The van der Waals surface area contributed by atoms with Gasteiger partial charge in [-0.1, -0.05) is 24.3 Å². The van der Waals surface area contributed by atoms with E-state index in [4.69, 9.17) is 4.74 Å². The minimum atomic E-state index is -0.0452. The molecule has 2 amide bonds. The van der Waals surface area contributed by atoms with Crippen LogP contribution in [0.3, 0.4) is 0 Å². The maximum Gasteiger partial charge on any atom is 0.254 e. The van der Waals surface area contributed by atoms with Crippen LogP contribution in [-0.2, 0) is 11.2 Å². The van der Waals surface area contributed by atoms with Gasteiger partial charge in [-0.05, 0) is 37.3 Å². The van der Waals surface area contributed by atoms with E-state index in [0.29, 0.717) is 43.9 Å². The lowest BCUT2D eigenvalue weighted by Crippen LogP contribution is -2.51. The fourth-order valence-electron chi connectivity index (χ4n) is 3.38. The van der Waals surface area contributed by atoms with Crippen molar-refractivity contribution < 1.29 is 14.3 Å². The standard InChI is InChI=1S/C23H23N3O3S/c1-17-16-30-21(24-17)15-22(27)25-10-12-26(13-11-25)23(28)18-6-5-9-20(14-18)29-19-7-3-2-4-8-19/h2-9,14,16H,10-13,15H2,1H3. The molecule has 0 radical (unpaired) electrons. The second-order valence-electron chi connectivity index (χ2n) is 7.18. The Bertz CT molecular complexity index is 1030. The second kappa shape index (κ2) is 9.09. The van der Waals surface area contributed by atoms with Gasteiger partial charge in [-0.2, -0.15) is 0 Å². The Hall–Kier alpha value is -3.19. The Morgan fingerprint density at radius 3 is 2.37 bits per heavy atom. The fourth-order valence-corrected chi connectivity index (χ4v) is 4.15. The number of hydrogen-bond acceptors (Lipinski definition) is 5. The Morgan fingerprint density at radius 2 is 1.67 bits per heavy atom. The normalized spacial score (nSPS) is 13.9. The van der Waals surface area contributed by atoms with Crippen molar-refractivity contribution in [1.82, 2.24) is 14.8 Å². The molecule has 2 heterocycles. The molecule has 1 aromatic heterocycles. The molecule has 0 atom stereocenters. The number of benzene rings is 2. The Labute approximate surface area is 179 Å². The van der Waals surface area contributed by atoms with Crippen molar-refractivity contribution in [3.8, 4) is 11.5 Å². The summed E-state index contributed by atoms with van der Waals surface area (Å²) in [6.45, 7) is 4.04. The zero-order valence-corrected chi connectivity index (χ0v) is 17.6. The van der Waals surface area contributed by atoms with E-state index >= 15 is 0 Å². The number of carbonyl (C=O) groups excluding carboxylic acids is 2. The van der Waals surface area contributed by atoms with E-state index in [1.54, 1.807) is 17.0 Å². The van der Waals surface area contributed by atoms with Gasteiger partial charge in [0.2, 0.25) is 5.91 Å². The number of aromatic nitrogens is 1. The van der Waals surface area contributed by atoms with Gasteiger partial charge in [-0.25, -0.2) is 4.98 Å². The van der Waals surface area contributed by atoms with Gasteiger partial charge in [0.15, 0.2) is 0 Å². The first-order valence-corrected chi connectivity index (χ1v) is 10.8. The Balaban J connectivity index is 1.34. The molecule has 6 nitrogen and oxygen atoms in total. The van der Waals surface area contributed by atoms with Crippen molar-refractivity contribution in [2.45, 2.75) is 13.3 Å². The number of ether oxygens (including phenoxy) is 1. The summed E-state index contributed by atoms with van der Waals surface area (Å²) in [5.41, 5.74) is 1.53. The largest absolute Gasteiger partial charge is 0.457 e. The Kier molecular flexibility index (Phi) is 6.09. The number of para-hydroxylation sites is 1. The van der Waals surface area contributed by atoms with Gasteiger partial charge < -0.3 is 14.5 Å². The van der Waals surface area contributed by atoms with Crippen LogP contribution in [0, 0.1) is 6.92 Å². The highest BCUT2D eigenvalue weighted by atomic mass is 32.1. The van der Waals surface area contributed by atoms with Crippen molar-refractivity contribution in [2.24, 2.45) is 0 Å². The first kappa shape index (κ1) is 20.1. The van der Waals surface area contributed by atoms with Gasteiger partial charge >= 0.3 is 0 Å². The molecule has 30 heavy (non-hydrogen) atoms. The molecule has 0 unspecified atom stereocenters. The number of amides is 2. The highest BCUT2D eigenvalue weighted by Gasteiger charge is 2.25. The lowest BCUT2D eigenvalue weighted by atomic mass is 10.1. The second-order valence-corrected chi connectivity index (χ2v) is 8.12. The minimum Gasteiger partial charge on any atom is -0.457 e. The summed E-state index contributed by atoms with van der Waals surface area (Å²) in [6, 6.07) is 16.7. The zero-order valence-electron chi connectivity index (χ0n) is 16.8.